The van der Waals surface area contributed by atoms with Crippen LogP contribution in [0, 0.1) is 20.8 Å². The zero-order valence-corrected chi connectivity index (χ0v) is 15.5. The number of amides is 1. The van der Waals surface area contributed by atoms with Crippen molar-refractivity contribution in [1.82, 2.24) is 4.90 Å². The van der Waals surface area contributed by atoms with Crippen LogP contribution < -0.4 is 0 Å². The smallest absolute Gasteiger partial charge is 0.253 e. The molecule has 1 saturated heterocycles. The van der Waals surface area contributed by atoms with E-state index < -0.39 is 0 Å². The molecular formula is C21H25NOS. The molecule has 0 radical (unpaired) electrons. The van der Waals surface area contributed by atoms with Gasteiger partial charge in [0.2, 0.25) is 0 Å². The van der Waals surface area contributed by atoms with E-state index in [0.29, 0.717) is 5.25 Å². The van der Waals surface area contributed by atoms with Gasteiger partial charge < -0.3 is 4.90 Å². The molecule has 0 N–H and O–H groups in total. The minimum Gasteiger partial charge on any atom is -0.338 e. The molecule has 1 fully saturated rings. The van der Waals surface area contributed by atoms with E-state index in [9.17, 15) is 4.79 Å². The zero-order chi connectivity index (χ0) is 17.1. The molecule has 1 aliphatic rings. The van der Waals surface area contributed by atoms with Crippen molar-refractivity contribution < 1.29 is 4.79 Å². The fourth-order valence-electron chi connectivity index (χ4n) is 3.23. The third-order valence-corrected chi connectivity index (χ3v) is 6.23. The standard InChI is InChI=1S/C21H25NOS/c1-15-8-9-18(14-17(15)3)21(23)22-11-10-20(24-13-12-22)19-7-5-4-6-16(19)2/h4-9,14,20H,10-13H2,1-3H3. The summed E-state index contributed by atoms with van der Waals surface area (Å²) >= 11 is 1.98. The van der Waals surface area contributed by atoms with Crippen molar-refractivity contribution in [2.24, 2.45) is 0 Å². The van der Waals surface area contributed by atoms with E-state index in [1.165, 1.54) is 22.3 Å². The van der Waals surface area contributed by atoms with Crippen molar-refractivity contribution in [2.45, 2.75) is 32.4 Å². The average Bonchev–Trinajstić information content (AvgIpc) is 2.83. The Kier molecular flexibility index (Phi) is 5.30. The molecule has 1 amide bonds. The van der Waals surface area contributed by atoms with E-state index in [4.69, 9.17) is 0 Å². The molecule has 0 saturated carbocycles. The first-order valence-electron chi connectivity index (χ1n) is 8.60. The van der Waals surface area contributed by atoms with Gasteiger partial charge in [-0.15, -0.1) is 0 Å². The van der Waals surface area contributed by atoms with Crippen molar-refractivity contribution in [3.63, 3.8) is 0 Å². The summed E-state index contributed by atoms with van der Waals surface area (Å²) in [6, 6.07) is 14.6. The van der Waals surface area contributed by atoms with E-state index in [1.807, 2.05) is 34.9 Å². The second-order valence-corrected chi connectivity index (χ2v) is 7.91. The topological polar surface area (TPSA) is 20.3 Å². The quantitative estimate of drug-likeness (QED) is 0.773. The molecule has 3 heteroatoms. The summed E-state index contributed by atoms with van der Waals surface area (Å²) in [5.41, 5.74) is 6.00. The highest BCUT2D eigenvalue weighted by Gasteiger charge is 2.23. The van der Waals surface area contributed by atoms with Crippen LogP contribution in [0.3, 0.4) is 0 Å². The van der Waals surface area contributed by atoms with E-state index in [1.54, 1.807) is 0 Å². The highest BCUT2D eigenvalue weighted by atomic mass is 32.2. The van der Waals surface area contributed by atoms with Crippen LogP contribution in [0.15, 0.2) is 42.5 Å². The molecule has 2 aromatic rings. The Hall–Kier alpha value is -1.74. The van der Waals surface area contributed by atoms with Gasteiger partial charge in [-0.05, 0) is 61.6 Å². The Morgan fingerprint density at radius 3 is 2.54 bits per heavy atom. The van der Waals surface area contributed by atoms with Gasteiger partial charge in [-0.1, -0.05) is 30.3 Å². The number of hydrogen-bond acceptors (Lipinski definition) is 2. The first-order chi connectivity index (χ1) is 11.6. The Morgan fingerprint density at radius 1 is 1.00 bits per heavy atom. The molecule has 0 bridgehead atoms. The van der Waals surface area contributed by atoms with Crippen molar-refractivity contribution in [1.29, 1.82) is 0 Å². The molecule has 2 aromatic carbocycles. The zero-order valence-electron chi connectivity index (χ0n) is 14.7. The molecule has 2 nitrogen and oxygen atoms in total. The maximum Gasteiger partial charge on any atom is 0.253 e. The fraction of sp³-hybridized carbons (Fsp3) is 0.381. The Labute approximate surface area is 149 Å². The SMILES string of the molecule is Cc1ccc(C(=O)N2CCSC(c3ccccc3C)CC2)cc1C. The highest BCUT2D eigenvalue weighted by molar-refractivity contribution is 7.99. The normalized spacial score (nSPS) is 18.3. The first kappa shape index (κ1) is 17.1. The lowest BCUT2D eigenvalue weighted by Crippen LogP contribution is -2.33. The summed E-state index contributed by atoms with van der Waals surface area (Å²) in [5.74, 6) is 1.17. The lowest BCUT2D eigenvalue weighted by atomic mass is 10.0. The minimum absolute atomic E-state index is 0.170. The van der Waals surface area contributed by atoms with Crippen LogP contribution in [0.25, 0.3) is 0 Å². The van der Waals surface area contributed by atoms with Crippen LogP contribution in [-0.2, 0) is 0 Å². The molecule has 3 rings (SSSR count). The Bertz CT molecular complexity index is 740. The Balaban J connectivity index is 1.72. The van der Waals surface area contributed by atoms with Crippen LogP contribution in [0.2, 0.25) is 0 Å². The molecule has 0 aromatic heterocycles. The van der Waals surface area contributed by atoms with Crippen molar-refractivity contribution >= 4 is 17.7 Å². The third-order valence-electron chi connectivity index (χ3n) is 4.92. The number of nitrogens with zero attached hydrogens (tertiary/aromatic N) is 1. The van der Waals surface area contributed by atoms with E-state index in [0.717, 1.165) is 30.8 Å². The predicted molar refractivity (Wildman–Crippen MR) is 103 cm³/mol. The van der Waals surface area contributed by atoms with E-state index >= 15 is 0 Å². The second kappa shape index (κ2) is 7.43. The summed E-state index contributed by atoms with van der Waals surface area (Å²) < 4.78 is 0. The van der Waals surface area contributed by atoms with Crippen LogP contribution in [0.5, 0.6) is 0 Å². The van der Waals surface area contributed by atoms with Crippen LogP contribution in [0.1, 0.15) is 44.3 Å². The van der Waals surface area contributed by atoms with Gasteiger partial charge in [0.05, 0.1) is 0 Å². The largest absolute Gasteiger partial charge is 0.338 e. The number of thioether (sulfide) groups is 1. The average molecular weight is 340 g/mol. The molecule has 0 spiro atoms. The summed E-state index contributed by atoms with van der Waals surface area (Å²) in [6.45, 7) is 7.99. The van der Waals surface area contributed by atoms with Gasteiger partial charge in [0, 0.05) is 29.7 Å². The summed E-state index contributed by atoms with van der Waals surface area (Å²) in [5, 5.41) is 0.490. The molecule has 1 heterocycles. The van der Waals surface area contributed by atoms with Gasteiger partial charge in [-0.2, -0.15) is 11.8 Å². The van der Waals surface area contributed by atoms with Gasteiger partial charge >= 0.3 is 0 Å². The minimum atomic E-state index is 0.170. The van der Waals surface area contributed by atoms with Crippen molar-refractivity contribution in [3.8, 4) is 0 Å². The summed E-state index contributed by atoms with van der Waals surface area (Å²) in [4.78, 5) is 14.9. The molecule has 1 aliphatic heterocycles. The first-order valence-corrected chi connectivity index (χ1v) is 9.65. The van der Waals surface area contributed by atoms with Crippen LogP contribution in [0.4, 0.5) is 0 Å². The van der Waals surface area contributed by atoms with Crippen LogP contribution in [-0.4, -0.2) is 29.6 Å². The monoisotopic (exact) mass is 339 g/mol. The third kappa shape index (κ3) is 3.67. The van der Waals surface area contributed by atoms with E-state index in [-0.39, 0.29) is 5.91 Å². The summed E-state index contributed by atoms with van der Waals surface area (Å²) in [7, 11) is 0. The molecule has 0 aliphatic carbocycles. The van der Waals surface area contributed by atoms with E-state index in [2.05, 4.69) is 45.0 Å². The predicted octanol–water partition coefficient (Wildman–Crippen LogP) is 4.93. The van der Waals surface area contributed by atoms with Gasteiger partial charge in [0.25, 0.3) is 5.91 Å². The van der Waals surface area contributed by atoms with Crippen molar-refractivity contribution in [3.05, 3.63) is 70.3 Å². The number of carbonyl (C=O) groups excluding carboxylic acids is 1. The molecule has 126 valence electrons. The molecule has 24 heavy (non-hydrogen) atoms. The van der Waals surface area contributed by atoms with Crippen LogP contribution >= 0.6 is 11.8 Å². The number of rotatable bonds is 2. The van der Waals surface area contributed by atoms with Gasteiger partial charge in [0.1, 0.15) is 0 Å². The maximum absolute atomic E-state index is 12.8. The lowest BCUT2D eigenvalue weighted by Gasteiger charge is -2.21. The number of carbonyl (C=O) groups is 1. The lowest BCUT2D eigenvalue weighted by molar-refractivity contribution is 0.0766. The van der Waals surface area contributed by atoms with Gasteiger partial charge in [-0.25, -0.2) is 0 Å². The Morgan fingerprint density at radius 2 is 1.79 bits per heavy atom. The number of benzene rings is 2. The van der Waals surface area contributed by atoms with Crippen molar-refractivity contribution in [2.75, 3.05) is 18.8 Å². The fourth-order valence-corrected chi connectivity index (χ4v) is 4.55. The molecule has 1 unspecified atom stereocenters. The van der Waals surface area contributed by atoms with Gasteiger partial charge in [-0.3, -0.25) is 4.79 Å². The molecular weight excluding hydrogens is 314 g/mol. The summed E-state index contributed by atoms with van der Waals surface area (Å²) in [6.07, 6.45) is 1.02. The second-order valence-electron chi connectivity index (χ2n) is 6.60. The maximum atomic E-state index is 12.8. The number of hydrogen-bond donors (Lipinski definition) is 0. The highest BCUT2D eigenvalue weighted by Crippen LogP contribution is 2.36. The molecule has 1 atom stereocenters. The van der Waals surface area contributed by atoms with Gasteiger partial charge in [0.15, 0.2) is 0 Å². The number of aryl methyl sites for hydroxylation is 3.